The lowest BCUT2D eigenvalue weighted by Gasteiger charge is -2.40. The van der Waals surface area contributed by atoms with Crippen LogP contribution < -0.4 is 5.32 Å². The minimum absolute atomic E-state index is 0.112. The van der Waals surface area contributed by atoms with E-state index in [0.29, 0.717) is 11.8 Å². The molecule has 1 heterocycles. The highest BCUT2D eigenvalue weighted by Gasteiger charge is 2.47. The summed E-state index contributed by atoms with van der Waals surface area (Å²) < 4.78 is 0. The van der Waals surface area contributed by atoms with Crippen molar-refractivity contribution in [1.29, 1.82) is 0 Å². The van der Waals surface area contributed by atoms with Crippen molar-refractivity contribution in [1.82, 2.24) is 5.32 Å². The molecule has 4 atom stereocenters. The molecular weight excluding hydrogens is 353 g/mol. The monoisotopic (exact) mass is 373 g/mol. The zero-order valence-corrected chi connectivity index (χ0v) is 15.6. The van der Waals surface area contributed by atoms with E-state index in [0.717, 1.165) is 29.4 Å². The van der Waals surface area contributed by atoms with Gasteiger partial charge in [-0.15, -0.1) is 0 Å². The number of aryl methyl sites for hydroxylation is 1. The molecule has 2 aromatic carbocycles. The van der Waals surface area contributed by atoms with Crippen molar-refractivity contribution < 1.29 is 4.79 Å². The van der Waals surface area contributed by atoms with Crippen molar-refractivity contribution in [3.63, 3.8) is 0 Å². The Kier molecular flexibility index (Phi) is 4.51. The van der Waals surface area contributed by atoms with Crippen LogP contribution in [0.25, 0.3) is 0 Å². The second-order valence-electron chi connectivity index (χ2n) is 7.30. The Hall–Kier alpha value is -1.51. The number of carbonyl (C=O) groups excluding carboxylic acids is 1. The van der Waals surface area contributed by atoms with Crippen LogP contribution in [0, 0.1) is 18.8 Å². The first-order valence-corrected chi connectivity index (χ1v) is 9.59. The van der Waals surface area contributed by atoms with Crippen LogP contribution in [0.3, 0.4) is 0 Å². The molecule has 2 aliphatic rings. The van der Waals surface area contributed by atoms with Crippen LogP contribution in [0.4, 0.5) is 0 Å². The molecule has 1 saturated carbocycles. The number of hydrogen-bond donors (Lipinski definition) is 1. The van der Waals surface area contributed by atoms with Gasteiger partial charge in [-0.25, -0.2) is 0 Å². The molecule has 0 radical (unpaired) electrons. The average Bonchev–Trinajstić information content (AvgIpc) is 2.97. The van der Waals surface area contributed by atoms with Crippen molar-refractivity contribution in [3.8, 4) is 0 Å². The van der Waals surface area contributed by atoms with Gasteiger partial charge in [-0.2, -0.15) is 0 Å². The van der Waals surface area contributed by atoms with Gasteiger partial charge in [0.25, 0.3) is 0 Å². The number of nitrogens with one attached hydrogen (secondary N) is 1. The molecule has 4 heteroatoms. The molecule has 2 nitrogen and oxygen atoms in total. The number of fused-ring (bicyclic) bond motifs is 1. The highest BCUT2D eigenvalue weighted by atomic mass is 35.5. The van der Waals surface area contributed by atoms with Crippen LogP contribution in [0.15, 0.2) is 42.5 Å². The molecule has 0 unspecified atom stereocenters. The third-order valence-electron chi connectivity index (χ3n) is 5.86. The minimum atomic E-state index is 0.112. The molecule has 1 aliphatic heterocycles. The SMILES string of the molecule is Cc1ccc([C@@H]2CC[C@H]3C(=O)NC[C@H]3[C@H]2c2ccc(Cl)cc2)c(Cl)c1. The summed E-state index contributed by atoms with van der Waals surface area (Å²) in [6.07, 6.45) is 1.90. The molecule has 4 rings (SSSR count). The van der Waals surface area contributed by atoms with Gasteiger partial charge in [0.1, 0.15) is 0 Å². The topological polar surface area (TPSA) is 29.1 Å². The van der Waals surface area contributed by atoms with Crippen LogP contribution >= 0.6 is 23.2 Å². The van der Waals surface area contributed by atoms with E-state index < -0.39 is 0 Å². The molecule has 1 amide bonds. The Labute approximate surface area is 158 Å². The standard InChI is InChI=1S/C21H21Cl2NO/c1-12-2-7-15(19(23)10-12)16-8-9-17-18(11-24-21(17)25)20(16)13-3-5-14(22)6-4-13/h2-7,10,16-18,20H,8-9,11H2,1H3,(H,24,25)/t16-,17+,18+,20-/m0/s1. The van der Waals surface area contributed by atoms with E-state index in [9.17, 15) is 4.79 Å². The number of hydrogen-bond acceptors (Lipinski definition) is 1. The van der Waals surface area contributed by atoms with Crippen LogP contribution in [0.5, 0.6) is 0 Å². The molecule has 25 heavy (non-hydrogen) atoms. The fraction of sp³-hybridized carbons (Fsp3) is 0.381. The Morgan fingerprint density at radius 3 is 2.44 bits per heavy atom. The van der Waals surface area contributed by atoms with Gasteiger partial charge in [0.05, 0.1) is 0 Å². The first-order chi connectivity index (χ1) is 12.0. The van der Waals surface area contributed by atoms with E-state index in [4.69, 9.17) is 23.2 Å². The van der Waals surface area contributed by atoms with E-state index >= 15 is 0 Å². The molecular formula is C21H21Cl2NO. The summed E-state index contributed by atoms with van der Waals surface area (Å²) >= 11 is 12.7. The van der Waals surface area contributed by atoms with E-state index in [-0.39, 0.29) is 17.7 Å². The molecule has 1 saturated heterocycles. The number of amides is 1. The van der Waals surface area contributed by atoms with Gasteiger partial charge >= 0.3 is 0 Å². The van der Waals surface area contributed by atoms with Gasteiger partial charge in [0.15, 0.2) is 0 Å². The Morgan fingerprint density at radius 2 is 1.72 bits per heavy atom. The van der Waals surface area contributed by atoms with Crippen LogP contribution in [-0.2, 0) is 4.79 Å². The van der Waals surface area contributed by atoms with E-state index in [1.807, 2.05) is 18.2 Å². The summed E-state index contributed by atoms with van der Waals surface area (Å²) in [6.45, 7) is 2.81. The second kappa shape index (κ2) is 6.66. The third-order valence-corrected chi connectivity index (χ3v) is 6.44. The van der Waals surface area contributed by atoms with Gasteiger partial charge in [0.2, 0.25) is 5.91 Å². The van der Waals surface area contributed by atoms with Gasteiger partial charge in [-0.3, -0.25) is 4.79 Å². The highest BCUT2D eigenvalue weighted by Crippen LogP contribution is 2.52. The van der Waals surface area contributed by atoms with Crippen molar-refractivity contribution in [3.05, 3.63) is 69.2 Å². The fourth-order valence-corrected chi connectivity index (χ4v) is 5.19. The number of halogens is 2. The Morgan fingerprint density at radius 1 is 1.00 bits per heavy atom. The largest absolute Gasteiger partial charge is 0.356 e. The van der Waals surface area contributed by atoms with Crippen molar-refractivity contribution in [2.24, 2.45) is 11.8 Å². The number of benzene rings is 2. The van der Waals surface area contributed by atoms with Gasteiger partial charge in [-0.05, 0) is 72.4 Å². The van der Waals surface area contributed by atoms with Crippen LogP contribution in [0.2, 0.25) is 10.0 Å². The maximum Gasteiger partial charge on any atom is 0.223 e. The van der Waals surface area contributed by atoms with Crippen LogP contribution in [-0.4, -0.2) is 12.5 Å². The van der Waals surface area contributed by atoms with Crippen molar-refractivity contribution >= 4 is 29.1 Å². The number of rotatable bonds is 2. The van der Waals surface area contributed by atoms with Crippen molar-refractivity contribution in [2.75, 3.05) is 6.54 Å². The number of carbonyl (C=O) groups is 1. The summed E-state index contributed by atoms with van der Waals surface area (Å²) in [5.74, 6) is 1.22. The summed E-state index contributed by atoms with van der Waals surface area (Å²) in [7, 11) is 0. The summed E-state index contributed by atoms with van der Waals surface area (Å²) in [6, 6.07) is 14.4. The van der Waals surface area contributed by atoms with Gasteiger partial charge in [-0.1, -0.05) is 47.5 Å². The average molecular weight is 374 g/mol. The zero-order valence-electron chi connectivity index (χ0n) is 14.1. The predicted octanol–water partition coefficient (Wildman–Crippen LogP) is 5.33. The Balaban J connectivity index is 1.78. The second-order valence-corrected chi connectivity index (χ2v) is 8.15. The van der Waals surface area contributed by atoms with E-state index in [2.05, 4.69) is 36.5 Å². The molecule has 2 aromatic rings. The molecule has 130 valence electrons. The van der Waals surface area contributed by atoms with E-state index in [1.165, 1.54) is 16.7 Å². The molecule has 0 bridgehead atoms. The zero-order chi connectivity index (χ0) is 17.6. The smallest absolute Gasteiger partial charge is 0.223 e. The Bertz CT molecular complexity index is 802. The maximum absolute atomic E-state index is 12.2. The summed E-state index contributed by atoms with van der Waals surface area (Å²) in [5, 5.41) is 4.64. The summed E-state index contributed by atoms with van der Waals surface area (Å²) in [5.41, 5.74) is 3.62. The molecule has 0 spiro atoms. The van der Waals surface area contributed by atoms with Crippen molar-refractivity contribution in [2.45, 2.75) is 31.6 Å². The highest BCUT2D eigenvalue weighted by molar-refractivity contribution is 6.31. The minimum Gasteiger partial charge on any atom is -0.356 e. The lowest BCUT2D eigenvalue weighted by molar-refractivity contribution is -0.123. The molecule has 2 fully saturated rings. The van der Waals surface area contributed by atoms with Gasteiger partial charge in [0, 0.05) is 22.5 Å². The first-order valence-electron chi connectivity index (χ1n) is 8.84. The summed E-state index contributed by atoms with van der Waals surface area (Å²) in [4.78, 5) is 12.2. The normalized spacial score (nSPS) is 28.5. The quantitative estimate of drug-likeness (QED) is 0.757. The lowest BCUT2D eigenvalue weighted by atomic mass is 9.63. The van der Waals surface area contributed by atoms with Crippen LogP contribution in [0.1, 0.15) is 41.4 Å². The predicted molar refractivity (Wildman–Crippen MR) is 102 cm³/mol. The van der Waals surface area contributed by atoms with Gasteiger partial charge < -0.3 is 5.32 Å². The maximum atomic E-state index is 12.2. The molecule has 0 aromatic heterocycles. The lowest BCUT2D eigenvalue weighted by Crippen LogP contribution is -2.32. The van der Waals surface area contributed by atoms with E-state index in [1.54, 1.807) is 0 Å². The first kappa shape index (κ1) is 16.9. The fourth-order valence-electron chi connectivity index (χ4n) is 4.69. The third kappa shape index (κ3) is 3.07. The molecule has 1 aliphatic carbocycles. The molecule has 1 N–H and O–H groups in total.